The number of amides is 2. The number of carbonyl (C=O) groups is 2. The first-order valence-electron chi connectivity index (χ1n) is 9.71. The van der Waals surface area contributed by atoms with Crippen LogP contribution in [0.3, 0.4) is 0 Å². The highest BCUT2D eigenvalue weighted by atomic mass is 32.1. The fourth-order valence-corrected chi connectivity index (χ4v) is 4.05. The summed E-state index contributed by atoms with van der Waals surface area (Å²) in [4.78, 5) is 47.2. The Morgan fingerprint density at radius 1 is 1.13 bits per heavy atom. The molecule has 1 aliphatic heterocycles. The zero-order chi connectivity index (χ0) is 21.8. The van der Waals surface area contributed by atoms with Gasteiger partial charge in [-0.2, -0.15) is 0 Å². The molecule has 0 bridgehead atoms. The Kier molecular flexibility index (Phi) is 6.08. The maximum atomic E-state index is 13.1. The summed E-state index contributed by atoms with van der Waals surface area (Å²) in [7, 11) is 0. The van der Waals surface area contributed by atoms with Crippen LogP contribution in [-0.2, 0) is 11.2 Å². The zero-order valence-electron chi connectivity index (χ0n) is 16.5. The van der Waals surface area contributed by atoms with Gasteiger partial charge in [0.05, 0.1) is 12.1 Å². The minimum atomic E-state index is -0.550. The Bertz CT molecular complexity index is 1140. The van der Waals surface area contributed by atoms with Crippen molar-refractivity contribution in [2.75, 3.05) is 36.4 Å². The number of hydrogen-bond acceptors (Lipinski definition) is 6. The fourth-order valence-electron chi connectivity index (χ4n) is 3.34. The van der Waals surface area contributed by atoms with E-state index < -0.39 is 11.5 Å². The van der Waals surface area contributed by atoms with Crippen LogP contribution in [0.5, 0.6) is 0 Å². The van der Waals surface area contributed by atoms with Crippen LogP contribution >= 0.6 is 11.3 Å². The van der Waals surface area contributed by atoms with Crippen molar-refractivity contribution in [2.45, 2.75) is 6.42 Å². The van der Waals surface area contributed by atoms with Gasteiger partial charge in [-0.05, 0) is 36.4 Å². The van der Waals surface area contributed by atoms with Gasteiger partial charge in [0.1, 0.15) is 11.4 Å². The smallest absolute Gasteiger partial charge is 0.263 e. The van der Waals surface area contributed by atoms with Crippen molar-refractivity contribution in [3.05, 3.63) is 75.4 Å². The molecule has 1 fully saturated rings. The van der Waals surface area contributed by atoms with Crippen molar-refractivity contribution in [1.82, 2.24) is 14.9 Å². The molecule has 2 N–H and O–H groups in total. The number of thiazole rings is 1. The molecule has 0 atom stereocenters. The summed E-state index contributed by atoms with van der Waals surface area (Å²) in [6.45, 7) is 2.48. The van der Waals surface area contributed by atoms with Gasteiger partial charge in [0.25, 0.3) is 11.5 Å². The van der Waals surface area contributed by atoms with E-state index in [0.717, 1.165) is 5.69 Å². The van der Waals surface area contributed by atoms with Gasteiger partial charge in [-0.1, -0.05) is 0 Å². The molecule has 160 valence electrons. The summed E-state index contributed by atoms with van der Waals surface area (Å²) in [6, 6.07) is 9.33. The molecule has 1 saturated heterocycles. The summed E-state index contributed by atoms with van der Waals surface area (Å²) in [6.07, 6.45) is 1.58. The largest absolute Gasteiger partial charge is 0.368 e. The van der Waals surface area contributed by atoms with Crippen molar-refractivity contribution in [1.29, 1.82) is 0 Å². The first kappa shape index (κ1) is 20.7. The van der Waals surface area contributed by atoms with E-state index in [1.54, 1.807) is 28.5 Å². The monoisotopic (exact) mass is 441 g/mol. The SMILES string of the molecule is O=C(Nc1nc(CC(=O)N2CCN(c3ccc(F)cc3)CC2)cs1)c1ccc[nH]c1=O. The van der Waals surface area contributed by atoms with Crippen molar-refractivity contribution < 1.29 is 14.0 Å². The van der Waals surface area contributed by atoms with Gasteiger partial charge < -0.3 is 14.8 Å². The third-order valence-electron chi connectivity index (χ3n) is 4.99. The Morgan fingerprint density at radius 2 is 1.87 bits per heavy atom. The summed E-state index contributed by atoms with van der Waals surface area (Å²) in [5.74, 6) is -0.862. The number of benzene rings is 1. The van der Waals surface area contributed by atoms with E-state index in [-0.39, 0.29) is 23.7 Å². The lowest BCUT2D eigenvalue weighted by Gasteiger charge is -2.36. The number of nitrogens with one attached hydrogen (secondary N) is 2. The summed E-state index contributed by atoms with van der Waals surface area (Å²) in [5, 5.41) is 4.64. The van der Waals surface area contributed by atoms with Crippen LogP contribution in [0.25, 0.3) is 0 Å². The number of halogens is 1. The first-order valence-corrected chi connectivity index (χ1v) is 10.6. The quantitative estimate of drug-likeness (QED) is 0.632. The normalized spacial score (nSPS) is 13.8. The van der Waals surface area contributed by atoms with E-state index in [9.17, 15) is 18.8 Å². The third-order valence-corrected chi connectivity index (χ3v) is 5.80. The number of anilines is 2. The Balaban J connectivity index is 1.30. The van der Waals surface area contributed by atoms with Crippen molar-refractivity contribution >= 4 is 34.0 Å². The highest BCUT2D eigenvalue weighted by Gasteiger charge is 2.22. The second-order valence-corrected chi connectivity index (χ2v) is 7.89. The molecule has 0 spiro atoms. The van der Waals surface area contributed by atoms with E-state index in [1.807, 2.05) is 0 Å². The number of nitrogens with zero attached hydrogens (tertiary/aromatic N) is 3. The molecule has 4 rings (SSSR count). The predicted octanol–water partition coefficient (Wildman–Crippen LogP) is 2.11. The number of piperazine rings is 1. The molecule has 3 heterocycles. The minimum absolute atomic E-state index is 0.00523. The van der Waals surface area contributed by atoms with Gasteiger partial charge in [0.15, 0.2) is 5.13 Å². The summed E-state index contributed by atoms with van der Waals surface area (Å²) < 4.78 is 13.1. The van der Waals surface area contributed by atoms with Crippen molar-refractivity contribution in [3.63, 3.8) is 0 Å². The van der Waals surface area contributed by atoms with Crippen LogP contribution in [0.2, 0.25) is 0 Å². The molecule has 10 heteroatoms. The molecule has 31 heavy (non-hydrogen) atoms. The Hall–Kier alpha value is -3.53. The van der Waals surface area contributed by atoms with Gasteiger partial charge in [-0.3, -0.25) is 19.7 Å². The molecule has 0 radical (unpaired) electrons. The predicted molar refractivity (Wildman–Crippen MR) is 116 cm³/mol. The molecule has 3 aromatic rings. The molecule has 1 aromatic carbocycles. The first-order chi connectivity index (χ1) is 15.0. The number of carbonyl (C=O) groups excluding carboxylic acids is 2. The van der Waals surface area contributed by atoms with Gasteiger partial charge in [0, 0.05) is 43.4 Å². The van der Waals surface area contributed by atoms with Crippen molar-refractivity contribution in [2.24, 2.45) is 0 Å². The highest BCUT2D eigenvalue weighted by molar-refractivity contribution is 7.14. The molecule has 2 aromatic heterocycles. The van der Waals surface area contributed by atoms with Crippen molar-refractivity contribution in [3.8, 4) is 0 Å². The average molecular weight is 441 g/mol. The van der Waals surface area contributed by atoms with Crippen LogP contribution in [0.1, 0.15) is 16.1 Å². The lowest BCUT2D eigenvalue weighted by atomic mass is 10.2. The standard InChI is InChI=1S/C21H20FN5O3S/c22-14-3-5-16(6-4-14)26-8-10-27(11-9-26)18(28)12-15-13-31-21(24-15)25-20(30)17-2-1-7-23-19(17)29/h1-7,13H,8-12H2,(H,23,29)(H,24,25,30). The topological polar surface area (TPSA) is 98.4 Å². The second kappa shape index (κ2) is 9.09. The fraction of sp³-hybridized carbons (Fsp3) is 0.238. The second-order valence-electron chi connectivity index (χ2n) is 7.03. The molecule has 0 saturated carbocycles. The maximum Gasteiger partial charge on any atom is 0.263 e. The number of pyridine rings is 1. The number of hydrogen-bond donors (Lipinski definition) is 2. The van der Waals surface area contributed by atoms with Crippen LogP contribution in [0.15, 0.2) is 52.8 Å². The summed E-state index contributed by atoms with van der Waals surface area (Å²) in [5.41, 5.74) is 1.01. The Labute approximate surface area is 181 Å². The maximum absolute atomic E-state index is 13.1. The molecule has 2 amide bonds. The zero-order valence-corrected chi connectivity index (χ0v) is 17.3. The third kappa shape index (κ3) is 4.97. The lowest BCUT2D eigenvalue weighted by Crippen LogP contribution is -2.49. The van der Waals surface area contributed by atoms with Gasteiger partial charge in [-0.25, -0.2) is 9.37 Å². The van der Waals surface area contributed by atoms with E-state index in [2.05, 4.69) is 20.2 Å². The molecular weight excluding hydrogens is 421 g/mol. The van der Waals surface area contributed by atoms with Crippen LogP contribution in [0.4, 0.5) is 15.2 Å². The van der Waals surface area contributed by atoms with E-state index in [1.165, 1.54) is 35.7 Å². The average Bonchev–Trinajstić information content (AvgIpc) is 3.21. The summed E-state index contributed by atoms with van der Waals surface area (Å²) >= 11 is 1.20. The molecule has 1 aliphatic rings. The van der Waals surface area contributed by atoms with Gasteiger partial charge in [-0.15, -0.1) is 11.3 Å². The number of H-pyrrole nitrogens is 1. The molecule has 0 aliphatic carbocycles. The van der Waals surface area contributed by atoms with Gasteiger partial charge in [0.2, 0.25) is 5.91 Å². The Morgan fingerprint density at radius 3 is 2.58 bits per heavy atom. The number of rotatable bonds is 5. The van der Waals surface area contributed by atoms with Crippen LogP contribution in [-0.4, -0.2) is 52.9 Å². The molecule has 8 nitrogen and oxygen atoms in total. The van der Waals surface area contributed by atoms with E-state index >= 15 is 0 Å². The lowest BCUT2D eigenvalue weighted by molar-refractivity contribution is -0.130. The van der Waals surface area contributed by atoms with Crippen LogP contribution in [0, 0.1) is 5.82 Å². The molecule has 0 unspecified atom stereocenters. The minimum Gasteiger partial charge on any atom is -0.368 e. The number of aromatic nitrogens is 2. The van der Waals surface area contributed by atoms with E-state index in [0.29, 0.717) is 37.0 Å². The van der Waals surface area contributed by atoms with Crippen LogP contribution < -0.4 is 15.8 Å². The number of aromatic amines is 1. The highest BCUT2D eigenvalue weighted by Crippen LogP contribution is 2.19. The van der Waals surface area contributed by atoms with Gasteiger partial charge >= 0.3 is 0 Å². The molecular formula is C21H20FN5O3S. The van der Waals surface area contributed by atoms with E-state index in [4.69, 9.17) is 0 Å².